The van der Waals surface area contributed by atoms with Crippen LogP contribution < -0.4 is 4.74 Å². The van der Waals surface area contributed by atoms with Gasteiger partial charge in [0.15, 0.2) is 0 Å². The molecular formula is C18H27NO. The molecule has 0 saturated heterocycles. The lowest BCUT2D eigenvalue weighted by Gasteiger charge is -2.07. The van der Waals surface area contributed by atoms with Crippen molar-refractivity contribution in [1.29, 1.82) is 0 Å². The molecule has 1 heterocycles. The van der Waals surface area contributed by atoms with Crippen molar-refractivity contribution in [3.63, 3.8) is 0 Å². The lowest BCUT2D eigenvalue weighted by molar-refractivity contribution is 0.340. The molecule has 0 N–H and O–H groups in total. The van der Waals surface area contributed by atoms with Crippen LogP contribution in [-0.4, -0.2) is 11.2 Å². The topological polar surface area (TPSA) is 14.2 Å². The first kappa shape index (κ1) is 15.0. The zero-order chi connectivity index (χ0) is 14.2. The van der Waals surface area contributed by atoms with E-state index in [9.17, 15) is 0 Å². The van der Waals surface area contributed by atoms with E-state index in [1.54, 1.807) is 0 Å². The summed E-state index contributed by atoms with van der Waals surface area (Å²) in [4.78, 5) is 0. The molecule has 0 aliphatic rings. The Bertz CT molecular complexity index is 515. The molecule has 0 spiro atoms. The standard InChI is InChI=1S/C18H27NO/c1-3-5-6-7-8-9-13-19-14-12-16-15-17(20-4-2)10-11-18(16)19/h10-12,14-15H,3-9,13H2,1-2H3. The van der Waals surface area contributed by atoms with Gasteiger partial charge in [-0.15, -0.1) is 0 Å². The maximum Gasteiger partial charge on any atom is 0.120 e. The molecule has 20 heavy (non-hydrogen) atoms. The van der Waals surface area contributed by atoms with Gasteiger partial charge in [0, 0.05) is 23.6 Å². The Morgan fingerprint density at radius 1 is 0.950 bits per heavy atom. The van der Waals surface area contributed by atoms with Crippen molar-refractivity contribution in [3.05, 3.63) is 30.5 Å². The number of nitrogens with zero attached hydrogens (tertiary/aromatic N) is 1. The molecule has 0 saturated carbocycles. The second kappa shape index (κ2) is 7.98. The first-order valence-corrected chi connectivity index (χ1v) is 8.07. The van der Waals surface area contributed by atoms with Gasteiger partial charge in [0.1, 0.15) is 5.75 Å². The molecule has 1 aromatic heterocycles. The van der Waals surface area contributed by atoms with Gasteiger partial charge < -0.3 is 9.30 Å². The molecule has 0 bridgehead atoms. The third-order valence-electron chi connectivity index (χ3n) is 3.81. The smallest absolute Gasteiger partial charge is 0.120 e. The van der Waals surface area contributed by atoms with Gasteiger partial charge in [0.05, 0.1) is 6.61 Å². The van der Waals surface area contributed by atoms with E-state index in [4.69, 9.17) is 4.74 Å². The summed E-state index contributed by atoms with van der Waals surface area (Å²) in [5, 5.41) is 1.28. The number of unbranched alkanes of at least 4 members (excludes halogenated alkanes) is 5. The second-order valence-electron chi connectivity index (χ2n) is 5.43. The van der Waals surface area contributed by atoms with Crippen molar-refractivity contribution >= 4 is 10.9 Å². The molecule has 110 valence electrons. The highest BCUT2D eigenvalue weighted by Crippen LogP contribution is 2.22. The van der Waals surface area contributed by atoms with E-state index in [1.165, 1.54) is 49.4 Å². The predicted octanol–water partition coefficient (Wildman–Crippen LogP) is 5.40. The molecule has 2 rings (SSSR count). The highest BCUT2D eigenvalue weighted by Gasteiger charge is 2.02. The Balaban J connectivity index is 1.87. The number of ether oxygens (including phenoxy) is 1. The van der Waals surface area contributed by atoms with E-state index < -0.39 is 0 Å². The normalized spacial score (nSPS) is 11.1. The maximum absolute atomic E-state index is 5.55. The van der Waals surface area contributed by atoms with Crippen molar-refractivity contribution in [2.24, 2.45) is 0 Å². The molecule has 2 aromatic rings. The summed E-state index contributed by atoms with van der Waals surface area (Å²) in [6.45, 7) is 6.14. The van der Waals surface area contributed by atoms with Crippen LogP contribution in [0.25, 0.3) is 10.9 Å². The molecule has 0 fully saturated rings. The van der Waals surface area contributed by atoms with Crippen LogP contribution in [0.15, 0.2) is 30.5 Å². The van der Waals surface area contributed by atoms with Gasteiger partial charge in [-0.1, -0.05) is 39.0 Å². The molecule has 0 amide bonds. The van der Waals surface area contributed by atoms with Gasteiger partial charge in [-0.25, -0.2) is 0 Å². The summed E-state index contributed by atoms with van der Waals surface area (Å²) < 4.78 is 7.92. The van der Waals surface area contributed by atoms with E-state index in [-0.39, 0.29) is 0 Å². The summed E-state index contributed by atoms with van der Waals surface area (Å²) >= 11 is 0. The molecule has 0 unspecified atom stereocenters. The Morgan fingerprint density at radius 3 is 2.55 bits per heavy atom. The van der Waals surface area contributed by atoms with Crippen molar-refractivity contribution in [3.8, 4) is 5.75 Å². The zero-order valence-corrected chi connectivity index (χ0v) is 12.9. The molecule has 2 heteroatoms. The Hall–Kier alpha value is -1.44. The summed E-state index contributed by atoms with van der Waals surface area (Å²) in [6.07, 6.45) is 10.3. The van der Waals surface area contributed by atoms with Crippen LogP contribution in [0.5, 0.6) is 5.75 Å². The van der Waals surface area contributed by atoms with E-state index in [0.717, 1.165) is 18.9 Å². The molecule has 2 nitrogen and oxygen atoms in total. The monoisotopic (exact) mass is 273 g/mol. The average Bonchev–Trinajstić information content (AvgIpc) is 2.86. The van der Waals surface area contributed by atoms with E-state index in [1.807, 2.05) is 6.92 Å². The fraction of sp³-hybridized carbons (Fsp3) is 0.556. The van der Waals surface area contributed by atoms with Gasteiger partial charge in [-0.2, -0.15) is 0 Å². The Labute approximate surface area is 122 Å². The third-order valence-corrected chi connectivity index (χ3v) is 3.81. The number of hydrogen-bond donors (Lipinski definition) is 0. The molecule has 0 aliphatic heterocycles. The van der Waals surface area contributed by atoms with Crippen LogP contribution in [0.2, 0.25) is 0 Å². The number of aromatic nitrogens is 1. The molecule has 0 atom stereocenters. The minimum absolute atomic E-state index is 0.726. The molecular weight excluding hydrogens is 246 g/mol. The summed E-state index contributed by atoms with van der Waals surface area (Å²) in [6, 6.07) is 8.58. The zero-order valence-electron chi connectivity index (χ0n) is 12.9. The quantitative estimate of drug-likeness (QED) is 0.558. The van der Waals surface area contributed by atoms with Gasteiger partial charge in [-0.05, 0) is 37.6 Å². The fourth-order valence-electron chi connectivity index (χ4n) is 2.69. The van der Waals surface area contributed by atoms with Crippen LogP contribution in [0, 0.1) is 0 Å². The van der Waals surface area contributed by atoms with Gasteiger partial charge in [-0.3, -0.25) is 0 Å². The van der Waals surface area contributed by atoms with E-state index in [0.29, 0.717) is 0 Å². The number of aryl methyl sites for hydroxylation is 1. The van der Waals surface area contributed by atoms with Gasteiger partial charge >= 0.3 is 0 Å². The summed E-state index contributed by atoms with van der Waals surface area (Å²) in [5.74, 6) is 0.970. The molecule has 0 radical (unpaired) electrons. The van der Waals surface area contributed by atoms with Crippen molar-refractivity contribution < 1.29 is 4.74 Å². The lowest BCUT2D eigenvalue weighted by Crippen LogP contribution is -1.96. The second-order valence-corrected chi connectivity index (χ2v) is 5.43. The van der Waals surface area contributed by atoms with Crippen LogP contribution in [0.4, 0.5) is 0 Å². The molecule has 0 aliphatic carbocycles. The van der Waals surface area contributed by atoms with Crippen LogP contribution in [0.1, 0.15) is 52.4 Å². The predicted molar refractivity (Wildman–Crippen MR) is 86.5 cm³/mol. The highest BCUT2D eigenvalue weighted by atomic mass is 16.5. The minimum atomic E-state index is 0.726. The van der Waals surface area contributed by atoms with Crippen LogP contribution >= 0.6 is 0 Å². The average molecular weight is 273 g/mol. The third kappa shape index (κ3) is 4.03. The fourth-order valence-corrected chi connectivity index (χ4v) is 2.69. The Kier molecular flexibility index (Phi) is 5.97. The minimum Gasteiger partial charge on any atom is -0.494 e. The van der Waals surface area contributed by atoms with Crippen LogP contribution in [0.3, 0.4) is 0 Å². The first-order valence-electron chi connectivity index (χ1n) is 8.07. The van der Waals surface area contributed by atoms with Gasteiger partial charge in [0.25, 0.3) is 0 Å². The lowest BCUT2D eigenvalue weighted by atomic mass is 10.1. The van der Waals surface area contributed by atoms with Crippen molar-refractivity contribution in [1.82, 2.24) is 4.57 Å². The SMILES string of the molecule is CCCCCCCCn1ccc2cc(OCC)ccc21. The van der Waals surface area contributed by atoms with E-state index in [2.05, 4.69) is 42.0 Å². The van der Waals surface area contributed by atoms with Crippen molar-refractivity contribution in [2.75, 3.05) is 6.61 Å². The largest absolute Gasteiger partial charge is 0.494 e. The van der Waals surface area contributed by atoms with E-state index >= 15 is 0 Å². The number of fused-ring (bicyclic) bond motifs is 1. The number of hydrogen-bond acceptors (Lipinski definition) is 1. The van der Waals surface area contributed by atoms with Crippen molar-refractivity contribution in [2.45, 2.75) is 58.9 Å². The summed E-state index contributed by atoms with van der Waals surface area (Å²) in [7, 11) is 0. The number of rotatable bonds is 9. The number of benzene rings is 1. The Morgan fingerprint density at radius 2 is 1.75 bits per heavy atom. The highest BCUT2D eigenvalue weighted by molar-refractivity contribution is 5.81. The molecule has 1 aromatic carbocycles. The summed E-state index contributed by atoms with van der Waals surface area (Å²) in [5.41, 5.74) is 1.32. The van der Waals surface area contributed by atoms with Crippen LogP contribution in [-0.2, 0) is 6.54 Å². The maximum atomic E-state index is 5.55. The van der Waals surface area contributed by atoms with Gasteiger partial charge in [0.2, 0.25) is 0 Å². The first-order chi connectivity index (χ1) is 9.85.